The molecule has 0 aromatic rings. The molecule has 2 aliphatic heterocycles. The van der Waals surface area contributed by atoms with Crippen LogP contribution in [0.1, 0.15) is 6.92 Å². The van der Waals surface area contributed by atoms with E-state index >= 15 is 0 Å². The van der Waals surface area contributed by atoms with Gasteiger partial charge in [0.05, 0.1) is 13.1 Å². The topological polar surface area (TPSA) is 45.0 Å². The highest BCUT2D eigenvalue weighted by Gasteiger charge is 2.31. The van der Waals surface area contributed by atoms with Crippen LogP contribution >= 0.6 is 0 Å². The van der Waals surface area contributed by atoms with Crippen LogP contribution in [0.5, 0.6) is 0 Å². The van der Waals surface area contributed by atoms with E-state index in [-0.39, 0.29) is 11.9 Å². The summed E-state index contributed by atoms with van der Waals surface area (Å²) in [7, 11) is 0. The number of nitrogens with zero attached hydrogens (tertiary/aromatic N) is 3. The fourth-order valence-electron chi connectivity index (χ4n) is 1.31. The van der Waals surface area contributed by atoms with Gasteiger partial charge in [0.15, 0.2) is 0 Å². The van der Waals surface area contributed by atoms with Gasteiger partial charge in [-0.25, -0.2) is 0 Å². The first kappa shape index (κ1) is 6.52. The highest BCUT2D eigenvalue weighted by molar-refractivity contribution is 6.09. The lowest BCUT2D eigenvalue weighted by Crippen LogP contribution is -2.39. The van der Waals surface area contributed by atoms with Crippen LogP contribution in [-0.2, 0) is 4.79 Å². The number of amidine groups is 1. The number of rotatable bonds is 0. The average molecular weight is 151 g/mol. The Labute approximate surface area is 64.6 Å². The summed E-state index contributed by atoms with van der Waals surface area (Å²) in [4.78, 5) is 21.2. The number of hydrogen-bond acceptors (Lipinski definition) is 3. The van der Waals surface area contributed by atoms with Gasteiger partial charge >= 0.3 is 0 Å². The minimum Gasteiger partial charge on any atom is -0.292 e. The van der Waals surface area contributed by atoms with Gasteiger partial charge in [0, 0.05) is 6.21 Å². The van der Waals surface area contributed by atoms with E-state index in [0.29, 0.717) is 13.1 Å². The molecule has 0 aromatic carbocycles. The summed E-state index contributed by atoms with van der Waals surface area (Å²) in [5.41, 5.74) is 0. The first-order valence-electron chi connectivity index (χ1n) is 3.65. The molecule has 4 nitrogen and oxygen atoms in total. The molecule has 1 atom stereocenters. The van der Waals surface area contributed by atoms with Crippen LogP contribution in [0, 0.1) is 0 Å². The number of carbonyl (C=O) groups is 1. The Bertz CT molecular complexity index is 256. The molecule has 0 fully saturated rings. The van der Waals surface area contributed by atoms with E-state index in [0.717, 1.165) is 5.84 Å². The van der Waals surface area contributed by atoms with E-state index in [9.17, 15) is 4.79 Å². The van der Waals surface area contributed by atoms with Crippen LogP contribution < -0.4 is 0 Å². The fraction of sp³-hybridized carbons (Fsp3) is 0.571. The zero-order valence-corrected chi connectivity index (χ0v) is 6.32. The summed E-state index contributed by atoms with van der Waals surface area (Å²) < 4.78 is 0. The first-order chi connectivity index (χ1) is 5.29. The standard InChI is InChI=1S/C7H9N3O/c1-5-7(11)10-3-2-8-4-6(10)9-5/h2,5H,3-4H2,1H3. The predicted molar refractivity (Wildman–Crippen MR) is 42.0 cm³/mol. The smallest absolute Gasteiger partial charge is 0.252 e. The molecule has 58 valence electrons. The van der Waals surface area contributed by atoms with Gasteiger partial charge < -0.3 is 0 Å². The van der Waals surface area contributed by atoms with Gasteiger partial charge in [0.25, 0.3) is 5.91 Å². The van der Waals surface area contributed by atoms with Crippen LogP contribution in [0.15, 0.2) is 9.98 Å². The zero-order chi connectivity index (χ0) is 7.84. The molecule has 0 spiro atoms. The van der Waals surface area contributed by atoms with Crippen molar-refractivity contribution >= 4 is 18.0 Å². The highest BCUT2D eigenvalue weighted by atomic mass is 16.2. The normalized spacial score (nSPS) is 28.8. The second-order valence-corrected chi connectivity index (χ2v) is 2.69. The number of aliphatic imine (C=N–C) groups is 2. The van der Waals surface area contributed by atoms with Gasteiger partial charge in [-0.2, -0.15) is 0 Å². The Kier molecular flexibility index (Phi) is 1.27. The zero-order valence-electron chi connectivity index (χ0n) is 6.32. The molecular weight excluding hydrogens is 142 g/mol. The van der Waals surface area contributed by atoms with Gasteiger partial charge in [-0.15, -0.1) is 0 Å². The van der Waals surface area contributed by atoms with Crippen molar-refractivity contribution < 1.29 is 4.79 Å². The van der Waals surface area contributed by atoms with Crippen LogP contribution in [0.25, 0.3) is 0 Å². The molecule has 0 bridgehead atoms. The van der Waals surface area contributed by atoms with Crippen LogP contribution in [-0.4, -0.2) is 42.0 Å². The van der Waals surface area contributed by atoms with E-state index in [2.05, 4.69) is 9.98 Å². The molecule has 0 saturated heterocycles. The second-order valence-electron chi connectivity index (χ2n) is 2.69. The van der Waals surface area contributed by atoms with E-state index < -0.39 is 0 Å². The van der Waals surface area contributed by atoms with Crippen molar-refractivity contribution in [1.82, 2.24) is 4.90 Å². The summed E-state index contributed by atoms with van der Waals surface area (Å²) in [5, 5.41) is 0. The second kappa shape index (κ2) is 2.15. The molecule has 0 saturated carbocycles. The van der Waals surface area contributed by atoms with Gasteiger partial charge in [-0.3, -0.25) is 19.7 Å². The fourth-order valence-corrected chi connectivity index (χ4v) is 1.31. The number of carbonyl (C=O) groups excluding carboxylic acids is 1. The van der Waals surface area contributed by atoms with E-state index in [4.69, 9.17) is 0 Å². The predicted octanol–water partition coefficient (Wildman–Crippen LogP) is -0.300. The minimum absolute atomic E-state index is 0.103. The molecule has 0 radical (unpaired) electrons. The average Bonchev–Trinajstić information content (AvgIpc) is 2.30. The number of hydrogen-bond donors (Lipinski definition) is 0. The van der Waals surface area contributed by atoms with Crippen LogP contribution in [0.2, 0.25) is 0 Å². The molecule has 1 unspecified atom stereocenters. The summed E-state index contributed by atoms with van der Waals surface area (Å²) in [6, 6.07) is -0.188. The van der Waals surface area contributed by atoms with E-state index in [1.165, 1.54) is 0 Å². The lowest BCUT2D eigenvalue weighted by Gasteiger charge is -2.18. The molecule has 2 heterocycles. The lowest BCUT2D eigenvalue weighted by molar-refractivity contribution is -0.126. The van der Waals surface area contributed by atoms with Crippen molar-refractivity contribution in [1.29, 1.82) is 0 Å². The number of amides is 1. The lowest BCUT2D eigenvalue weighted by atomic mass is 10.3. The van der Waals surface area contributed by atoms with Crippen molar-refractivity contribution in [2.45, 2.75) is 13.0 Å². The quantitative estimate of drug-likeness (QED) is 0.468. The van der Waals surface area contributed by atoms with Crippen LogP contribution in [0.4, 0.5) is 0 Å². The third kappa shape index (κ3) is 0.859. The van der Waals surface area contributed by atoms with Crippen molar-refractivity contribution in [3.05, 3.63) is 0 Å². The molecule has 0 aliphatic carbocycles. The summed E-state index contributed by atoms with van der Waals surface area (Å²) in [5.74, 6) is 0.927. The maximum absolute atomic E-state index is 11.3. The molecule has 4 heteroatoms. The molecule has 0 N–H and O–H groups in total. The Balaban J connectivity index is 2.30. The third-order valence-electron chi connectivity index (χ3n) is 1.90. The molecular formula is C7H9N3O. The van der Waals surface area contributed by atoms with Crippen molar-refractivity contribution in [2.75, 3.05) is 13.1 Å². The maximum Gasteiger partial charge on any atom is 0.252 e. The van der Waals surface area contributed by atoms with E-state index in [1.54, 1.807) is 11.1 Å². The first-order valence-corrected chi connectivity index (χ1v) is 3.65. The Morgan fingerprint density at radius 2 is 2.55 bits per heavy atom. The van der Waals surface area contributed by atoms with Crippen molar-refractivity contribution in [3.63, 3.8) is 0 Å². The molecule has 2 aliphatic rings. The van der Waals surface area contributed by atoms with Gasteiger partial charge in [-0.1, -0.05) is 0 Å². The van der Waals surface area contributed by atoms with E-state index in [1.807, 2.05) is 6.92 Å². The number of fused-ring (bicyclic) bond motifs is 1. The summed E-state index contributed by atoms with van der Waals surface area (Å²) in [6.07, 6.45) is 1.76. The van der Waals surface area contributed by atoms with Crippen LogP contribution in [0.3, 0.4) is 0 Å². The largest absolute Gasteiger partial charge is 0.292 e. The molecule has 0 aromatic heterocycles. The Hall–Kier alpha value is -1.19. The van der Waals surface area contributed by atoms with Crippen molar-refractivity contribution in [2.24, 2.45) is 9.98 Å². The highest BCUT2D eigenvalue weighted by Crippen LogP contribution is 2.11. The Morgan fingerprint density at radius 3 is 3.27 bits per heavy atom. The van der Waals surface area contributed by atoms with Gasteiger partial charge in [0.1, 0.15) is 11.9 Å². The molecule has 2 rings (SSSR count). The Morgan fingerprint density at radius 1 is 1.73 bits per heavy atom. The van der Waals surface area contributed by atoms with Crippen molar-refractivity contribution in [3.8, 4) is 0 Å². The van der Waals surface area contributed by atoms with Gasteiger partial charge in [-0.05, 0) is 6.92 Å². The summed E-state index contributed by atoms with van der Waals surface area (Å²) >= 11 is 0. The monoisotopic (exact) mass is 151 g/mol. The molecule has 1 amide bonds. The summed E-state index contributed by atoms with van der Waals surface area (Å²) in [6.45, 7) is 2.98. The minimum atomic E-state index is -0.188. The van der Waals surface area contributed by atoms with Gasteiger partial charge in [0.2, 0.25) is 0 Å². The SMILES string of the molecule is CC1N=C2CN=CCN2C1=O. The molecule has 11 heavy (non-hydrogen) atoms. The third-order valence-corrected chi connectivity index (χ3v) is 1.90. The maximum atomic E-state index is 11.3.